The van der Waals surface area contributed by atoms with Crippen molar-refractivity contribution < 1.29 is 4.79 Å². The number of likely N-dealkylation sites (tertiary alicyclic amines) is 1. The number of rotatable bonds is 2. The van der Waals surface area contributed by atoms with E-state index in [0.717, 1.165) is 24.9 Å². The second kappa shape index (κ2) is 4.74. The van der Waals surface area contributed by atoms with Gasteiger partial charge in [0.05, 0.1) is 0 Å². The van der Waals surface area contributed by atoms with Crippen LogP contribution in [-0.2, 0) is 11.3 Å². The molecule has 1 aliphatic rings. The van der Waals surface area contributed by atoms with E-state index in [-0.39, 0.29) is 5.91 Å². The van der Waals surface area contributed by atoms with E-state index in [1.54, 1.807) is 0 Å². The Balaban J connectivity index is 2.16. The zero-order valence-corrected chi connectivity index (χ0v) is 9.83. The first-order valence-electron chi connectivity index (χ1n) is 5.49. The van der Waals surface area contributed by atoms with Crippen LogP contribution in [-0.4, -0.2) is 17.4 Å². The highest BCUT2D eigenvalue weighted by atomic mass is 35.5. The number of anilines is 1. The van der Waals surface area contributed by atoms with Gasteiger partial charge in [-0.05, 0) is 25.0 Å². The van der Waals surface area contributed by atoms with Gasteiger partial charge in [0.2, 0.25) is 5.91 Å². The summed E-state index contributed by atoms with van der Waals surface area (Å²) in [5.41, 5.74) is 7.38. The molecule has 0 atom stereocenters. The number of nitrogen functional groups attached to an aromatic ring is 1. The predicted octanol–water partition coefficient (Wildman–Crippen LogP) is 2.43. The van der Waals surface area contributed by atoms with Crippen LogP contribution in [0.15, 0.2) is 18.2 Å². The van der Waals surface area contributed by atoms with Gasteiger partial charge in [0.25, 0.3) is 0 Å². The molecule has 0 aliphatic carbocycles. The Hall–Kier alpha value is -1.22. The van der Waals surface area contributed by atoms with Crippen LogP contribution in [0, 0.1) is 0 Å². The lowest BCUT2D eigenvalue weighted by Gasteiger charge is -2.27. The molecule has 1 heterocycles. The first kappa shape index (κ1) is 11.3. The topological polar surface area (TPSA) is 46.3 Å². The summed E-state index contributed by atoms with van der Waals surface area (Å²) < 4.78 is 0. The fraction of sp³-hybridized carbons (Fsp3) is 0.417. The Kier molecular flexibility index (Phi) is 3.34. The number of benzene rings is 1. The average molecular weight is 239 g/mol. The number of piperidine rings is 1. The Morgan fingerprint density at radius 2 is 2.19 bits per heavy atom. The average Bonchev–Trinajstić information content (AvgIpc) is 2.26. The van der Waals surface area contributed by atoms with Gasteiger partial charge in [0, 0.05) is 35.8 Å². The fourth-order valence-electron chi connectivity index (χ4n) is 1.96. The Bertz CT molecular complexity index is 386. The SMILES string of the molecule is Nc1cccc(Cl)c1CN1CCCCC1=O. The number of carbonyl (C=O) groups is 1. The van der Waals surface area contributed by atoms with E-state index in [0.29, 0.717) is 23.7 Å². The number of halogens is 1. The molecule has 86 valence electrons. The molecule has 0 radical (unpaired) electrons. The van der Waals surface area contributed by atoms with Gasteiger partial charge in [0.15, 0.2) is 0 Å². The lowest BCUT2D eigenvalue weighted by atomic mass is 10.1. The Morgan fingerprint density at radius 3 is 2.88 bits per heavy atom. The molecule has 1 fully saturated rings. The van der Waals surface area contributed by atoms with Crippen LogP contribution in [0.5, 0.6) is 0 Å². The van der Waals surface area contributed by atoms with E-state index in [1.807, 2.05) is 23.1 Å². The summed E-state index contributed by atoms with van der Waals surface area (Å²) in [6.07, 6.45) is 2.70. The molecular weight excluding hydrogens is 224 g/mol. The van der Waals surface area contributed by atoms with Gasteiger partial charge >= 0.3 is 0 Å². The quantitative estimate of drug-likeness (QED) is 0.805. The van der Waals surface area contributed by atoms with Gasteiger partial charge in [-0.3, -0.25) is 4.79 Å². The molecule has 1 aromatic carbocycles. The molecule has 1 aromatic rings. The van der Waals surface area contributed by atoms with E-state index in [2.05, 4.69) is 0 Å². The number of hydrogen-bond acceptors (Lipinski definition) is 2. The molecule has 1 amide bonds. The minimum Gasteiger partial charge on any atom is -0.398 e. The molecule has 0 bridgehead atoms. The van der Waals surface area contributed by atoms with Gasteiger partial charge in [0.1, 0.15) is 0 Å². The highest BCUT2D eigenvalue weighted by Gasteiger charge is 2.19. The largest absolute Gasteiger partial charge is 0.398 e. The van der Waals surface area contributed by atoms with Crippen molar-refractivity contribution in [2.75, 3.05) is 12.3 Å². The van der Waals surface area contributed by atoms with E-state index < -0.39 is 0 Å². The fourth-order valence-corrected chi connectivity index (χ4v) is 2.20. The third-order valence-electron chi connectivity index (χ3n) is 2.93. The van der Waals surface area contributed by atoms with Gasteiger partial charge in [-0.25, -0.2) is 0 Å². The third kappa shape index (κ3) is 2.30. The molecule has 0 saturated carbocycles. The first-order chi connectivity index (χ1) is 7.68. The molecule has 16 heavy (non-hydrogen) atoms. The maximum Gasteiger partial charge on any atom is 0.222 e. The lowest BCUT2D eigenvalue weighted by molar-refractivity contribution is -0.133. The van der Waals surface area contributed by atoms with Crippen molar-refractivity contribution in [3.63, 3.8) is 0 Å². The molecule has 0 spiro atoms. The summed E-state index contributed by atoms with van der Waals surface area (Å²) in [6.45, 7) is 1.34. The Morgan fingerprint density at radius 1 is 1.38 bits per heavy atom. The molecule has 1 aliphatic heterocycles. The van der Waals surface area contributed by atoms with Crippen LogP contribution >= 0.6 is 11.6 Å². The molecule has 0 aromatic heterocycles. The van der Waals surface area contributed by atoms with Crippen molar-refractivity contribution >= 4 is 23.2 Å². The zero-order chi connectivity index (χ0) is 11.5. The number of hydrogen-bond donors (Lipinski definition) is 1. The summed E-state index contributed by atoms with van der Waals surface area (Å²) in [4.78, 5) is 13.5. The summed E-state index contributed by atoms with van der Waals surface area (Å²) in [7, 11) is 0. The molecule has 2 rings (SSSR count). The summed E-state index contributed by atoms with van der Waals surface area (Å²) >= 11 is 6.08. The zero-order valence-electron chi connectivity index (χ0n) is 9.08. The third-order valence-corrected chi connectivity index (χ3v) is 3.28. The van der Waals surface area contributed by atoms with Crippen molar-refractivity contribution in [2.24, 2.45) is 0 Å². The maximum absolute atomic E-state index is 11.7. The molecule has 3 nitrogen and oxygen atoms in total. The predicted molar refractivity (Wildman–Crippen MR) is 65.1 cm³/mol. The molecule has 0 unspecified atom stereocenters. The summed E-state index contributed by atoms with van der Waals surface area (Å²) in [6, 6.07) is 5.44. The van der Waals surface area contributed by atoms with Gasteiger partial charge < -0.3 is 10.6 Å². The number of carbonyl (C=O) groups excluding carboxylic acids is 1. The van der Waals surface area contributed by atoms with Crippen LogP contribution in [0.1, 0.15) is 24.8 Å². The van der Waals surface area contributed by atoms with Crippen LogP contribution < -0.4 is 5.73 Å². The van der Waals surface area contributed by atoms with Crippen LogP contribution in [0.3, 0.4) is 0 Å². The highest BCUT2D eigenvalue weighted by Crippen LogP contribution is 2.25. The van der Waals surface area contributed by atoms with Crippen molar-refractivity contribution in [3.05, 3.63) is 28.8 Å². The first-order valence-corrected chi connectivity index (χ1v) is 5.87. The van der Waals surface area contributed by atoms with Crippen LogP contribution in [0.4, 0.5) is 5.69 Å². The van der Waals surface area contributed by atoms with E-state index in [1.165, 1.54) is 0 Å². The van der Waals surface area contributed by atoms with E-state index in [9.17, 15) is 4.79 Å². The monoisotopic (exact) mass is 238 g/mol. The maximum atomic E-state index is 11.7. The van der Waals surface area contributed by atoms with Crippen LogP contribution in [0.2, 0.25) is 5.02 Å². The number of nitrogens with zero attached hydrogens (tertiary/aromatic N) is 1. The normalized spacial score (nSPS) is 16.6. The van der Waals surface area contributed by atoms with Gasteiger partial charge in [-0.2, -0.15) is 0 Å². The van der Waals surface area contributed by atoms with Crippen molar-refractivity contribution in [1.82, 2.24) is 4.90 Å². The van der Waals surface area contributed by atoms with Crippen molar-refractivity contribution in [2.45, 2.75) is 25.8 Å². The molecule has 4 heteroatoms. The number of amides is 1. The van der Waals surface area contributed by atoms with E-state index in [4.69, 9.17) is 17.3 Å². The lowest BCUT2D eigenvalue weighted by Crippen LogP contribution is -2.34. The Labute approximate surface area is 100 Å². The summed E-state index contributed by atoms with van der Waals surface area (Å²) in [5.74, 6) is 0.200. The minimum absolute atomic E-state index is 0.200. The molecule has 2 N–H and O–H groups in total. The number of nitrogens with two attached hydrogens (primary N) is 1. The second-order valence-electron chi connectivity index (χ2n) is 4.08. The van der Waals surface area contributed by atoms with Gasteiger partial charge in [-0.1, -0.05) is 17.7 Å². The standard InChI is InChI=1S/C12H15ClN2O/c13-10-4-3-5-11(14)9(10)8-15-7-2-1-6-12(15)16/h3-5H,1-2,6-8,14H2. The van der Waals surface area contributed by atoms with Crippen LogP contribution in [0.25, 0.3) is 0 Å². The van der Waals surface area contributed by atoms with Gasteiger partial charge in [-0.15, -0.1) is 0 Å². The van der Waals surface area contributed by atoms with Crippen molar-refractivity contribution in [3.8, 4) is 0 Å². The van der Waals surface area contributed by atoms with E-state index >= 15 is 0 Å². The minimum atomic E-state index is 0.200. The summed E-state index contributed by atoms with van der Waals surface area (Å²) in [5, 5.41) is 0.637. The molecule has 1 saturated heterocycles. The molecular formula is C12H15ClN2O. The smallest absolute Gasteiger partial charge is 0.222 e. The highest BCUT2D eigenvalue weighted by molar-refractivity contribution is 6.31. The van der Waals surface area contributed by atoms with Crippen molar-refractivity contribution in [1.29, 1.82) is 0 Å². The second-order valence-corrected chi connectivity index (χ2v) is 4.49.